The molecule has 1 N–H and O–H groups in total. The van der Waals surface area contributed by atoms with Crippen molar-refractivity contribution in [1.82, 2.24) is 19.8 Å². The maximum absolute atomic E-state index is 4.95. The molecule has 0 unspecified atom stereocenters. The van der Waals surface area contributed by atoms with Crippen molar-refractivity contribution in [3.8, 4) is 0 Å². The lowest BCUT2D eigenvalue weighted by Crippen LogP contribution is -2.52. The molecular weight excluding hydrogens is 519 g/mol. The highest BCUT2D eigenvalue weighted by molar-refractivity contribution is 14.0. The Morgan fingerprint density at radius 1 is 1.13 bits per heavy atom. The van der Waals surface area contributed by atoms with Crippen molar-refractivity contribution in [2.45, 2.75) is 26.9 Å². The third kappa shape index (κ3) is 6.22. The Balaban J connectivity index is 0.00000272. The van der Waals surface area contributed by atoms with Crippen molar-refractivity contribution in [2.75, 3.05) is 37.6 Å². The van der Waals surface area contributed by atoms with E-state index >= 15 is 0 Å². The van der Waals surface area contributed by atoms with Crippen LogP contribution in [0.15, 0.2) is 59.2 Å². The Labute approximate surface area is 206 Å². The Hall–Kier alpha value is -2.07. The predicted octanol–water partition coefficient (Wildman–Crippen LogP) is 4.21. The van der Waals surface area contributed by atoms with Gasteiger partial charge in [-0.15, -0.1) is 35.3 Å². The molecule has 1 aliphatic heterocycles. The van der Waals surface area contributed by atoms with Gasteiger partial charge in [-0.2, -0.15) is 0 Å². The normalized spacial score (nSPS) is 14.5. The lowest BCUT2D eigenvalue weighted by Gasteiger charge is -2.37. The molecule has 4 rings (SSSR count). The molecule has 1 fully saturated rings. The number of anilines is 1. The van der Waals surface area contributed by atoms with Gasteiger partial charge in [-0.05, 0) is 42.5 Å². The van der Waals surface area contributed by atoms with Gasteiger partial charge in [0.1, 0.15) is 5.82 Å². The minimum atomic E-state index is 0. The van der Waals surface area contributed by atoms with Gasteiger partial charge in [0.05, 0.1) is 11.5 Å². The van der Waals surface area contributed by atoms with E-state index in [1.54, 1.807) is 0 Å². The second kappa shape index (κ2) is 11.5. The first-order valence-electron chi connectivity index (χ1n) is 10.6. The molecule has 1 aromatic carbocycles. The van der Waals surface area contributed by atoms with Crippen LogP contribution < -0.4 is 10.2 Å². The van der Waals surface area contributed by atoms with Gasteiger partial charge in [0.15, 0.2) is 5.96 Å². The third-order valence-electron chi connectivity index (χ3n) is 5.41. The van der Waals surface area contributed by atoms with E-state index in [0.29, 0.717) is 6.54 Å². The maximum Gasteiger partial charge on any atom is 0.194 e. The van der Waals surface area contributed by atoms with Crippen LogP contribution in [0.4, 0.5) is 5.00 Å². The predicted molar refractivity (Wildman–Crippen MR) is 141 cm³/mol. The number of nitrogens with one attached hydrogen (secondary N) is 1. The fourth-order valence-corrected chi connectivity index (χ4v) is 4.56. The van der Waals surface area contributed by atoms with E-state index in [1.165, 1.54) is 16.1 Å². The average Bonchev–Trinajstić information content (AvgIpc) is 3.44. The molecule has 31 heavy (non-hydrogen) atoms. The number of guanidine groups is 1. The lowest BCUT2D eigenvalue weighted by molar-refractivity contribution is 0.373. The Morgan fingerprint density at radius 2 is 1.94 bits per heavy atom. The Bertz CT molecular complexity index is 960. The van der Waals surface area contributed by atoms with Crippen molar-refractivity contribution in [3.63, 3.8) is 0 Å². The molecule has 3 heterocycles. The van der Waals surface area contributed by atoms with E-state index in [9.17, 15) is 0 Å². The van der Waals surface area contributed by atoms with Gasteiger partial charge in [0.2, 0.25) is 0 Å². The summed E-state index contributed by atoms with van der Waals surface area (Å²) in [7, 11) is 0. The van der Waals surface area contributed by atoms with Gasteiger partial charge in [0, 0.05) is 51.7 Å². The van der Waals surface area contributed by atoms with Crippen molar-refractivity contribution in [2.24, 2.45) is 4.99 Å². The zero-order chi connectivity index (χ0) is 20.8. The summed E-state index contributed by atoms with van der Waals surface area (Å²) in [5.74, 6) is 2.05. The van der Waals surface area contributed by atoms with Crippen LogP contribution in [-0.2, 0) is 13.1 Å². The summed E-state index contributed by atoms with van der Waals surface area (Å²) in [4.78, 5) is 14.1. The smallest absolute Gasteiger partial charge is 0.194 e. The van der Waals surface area contributed by atoms with Crippen LogP contribution in [0, 0.1) is 6.92 Å². The number of piperazine rings is 1. The number of hydrogen-bond acceptors (Lipinski definition) is 4. The molecule has 8 heteroatoms. The number of aliphatic imine (C=N–C) groups is 1. The van der Waals surface area contributed by atoms with Gasteiger partial charge in [-0.25, -0.2) is 9.98 Å². The number of thiophene rings is 1. The van der Waals surface area contributed by atoms with Crippen LogP contribution in [0.5, 0.6) is 0 Å². The number of halogens is 1. The largest absolute Gasteiger partial charge is 0.360 e. The van der Waals surface area contributed by atoms with Crippen LogP contribution in [0.3, 0.4) is 0 Å². The summed E-state index contributed by atoms with van der Waals surface area (Å²) in [6, 6.07) is 13.0. The molecule has 3 aromatic rings. The van der Waals surface area contributed by atoms with E-state index in [-0.39, 0.29) is 24.0 Å². The zero-order valence-corrected chi connectivity index (χ0v) is 21.3. The topological polar surface area (TPSA) is 48.7 Å². The van der Waals surface area contributed by atoms with Gasteiger partial charge in [-0.3, -0.25) is 0 Å². The van der Waals surface area contributed by atoms with Crippen LogP contribution >= 0.6 is 35.3 Å². The van der Waals surface area contributed by atoms with Crippen molar-refractivity contribution >= 4 is 46.3 Å². The molecule has 2 aromatic heterocycles. The van der Waals surface area contributed by atoms with Crippen LogP contribution in [0.25, 0.3) is 0 Å². The summed E-state index contributed by atoms with van der Waals surface area (Å²) in [6.07, 6.45) is 3.88. The van der Waals surface area contributed by atoms with E-state index in [2.05, 4.69) is 73.4 Å². The minimum absolute atomic E-state index is 0. The molecule has 166 valence electrons. The molecule has 0 saturated carbocycles. The Kier molecular flexibility index (Phi) is 8.77. The van der Waals surface area contributed by atoms with E-state index in [0.717, 1.165) is 51.1 Å². The first-order valence-corrected chi connectivity index (χ1v) is 11.5. The van der Waals surface area contributed by atoms with Gasteiger partial charge < -0.3 is 19.7 Å². The lowest BCUT2D eigenvalue weighted by atomic mass is 10.1. The summed E-state index contributed by atoms with van der Waals surface area (Å²) < 4.78 is 2.17. The number of imidazole rings is 1. The molecule has 1 aliphatic rings. The number of aryl methyl sites for hydroxylation is 1. The highest BCUT2D eigenvalue weighted by atomic mass is 127. The molecule has 1 saturated heterocycles. The molecule has 0 bridgehead atoms. The van der Waals surface area contributed by atoms with Crippen LogP contribution in [0.1, 0.15) is 23.9 Å². The summed E-state index contributed by atoms with van der Waals surface area (Å²) in [5.41, 5.74) is 2.51. The number of nitrogens with zero attached hydrogens (tertiary/aromatic N) is 5. The molecular formula is C23H31IN6S. The second-order valence-corrected chi connectivity index (χ2v) is 8.44. The number of rotatable bonds is 6. The molecule has 0 radical (unpaired) electrons. The monoisotopic (exact) mass is 550 g/mol. The van der Waals surface area contributed by atoms with Gasteiger partial charge >= 0.3 is 0 Å². The van der Waals surface area contributed by atoms with Crippen LogP contribution in [-0.4, -0.2) is 53.1 Å². The molecule has 0 spiro atoms. The van der Waals surface area contributed by atoms with E-state index in [1.807, 2.05) is 30.7 Å². The van der Waals surface area contributed by atoms with E-state index < -0.39 is 0 Å². The molecule has 0 amide bonds. The van der Waals surface area contributed by atoms with Crippen molar-refractivity contribution in [1.29, 1.82) is 0 Å². The quantitative estimate of drug-likeness (QED) is 0.284. The SMILES string of the molecule is CCNC(=NCc1cccc(Cn2ccnc2C)c1)N1CCN(c2cccs2)CC1.I. The highest BCUT2D eigenvalue weighted by Crippen LogP contribution is 2.22. The Morgan fingerprint density at radius 3 is 2.61 bits per heavy atom. The molecule has 0 aliphatic carbocycles. The van der Waals surface area contributed by atoms with Gasteiger partial charge in [-0.1, -0.05) is 24.3 Å². The number of aromatic nitrogens is 2. The van der Waals surface area contributed by atoms with Crippen molar-refractivity contribution < 1.29 is 0 Å². The van der Waals surface area contributed by atoms with Crippen LogP contribution in [0.2, 0.25) is 0 Å². The second-order valence-electron chi connectivity index (χ2n) is 7.52. The summed E-state index contributed by atoms with van der Waals surface area (Å²) in [5, 5.41) is 6.99. The molecule has 6 nitrogen and oxygen atoms in total. The summed E-state index contributed by atoms with van der Waals surface area (Å²) >= 11 is 1.82. The van der Waals surface area contributed by atoms with E-state index in [4.69, 9.17) is 4.99 Å². The third-order valence-corrected chi connectivity index (χ3v) is 6.34. The first kappa shape index (κ1) is 23.6. The number of hydrogen-bond donors (Lipinski definition) is 1. The average molecular weight is 551 g/mol. The zero-order valence-electron chi connectivity index (χ0n) is 18.2. The number of benzene rings is 1. The fourth-order valence-electron chi connectivity index (χ4n) is 3.77. The van der Waals surface area contributed by atoms with Crippen molar-refractivity contribution in [3.05, 3.63) is 71.1 Å². The van der Waals surface area contributed by atoms with Gasteiger partial charge in [0.25, 0.3) is 0 Å². The highest BCUT2D eigenvalue weighted by Gasteiger charge is 2.20. The summed E-state index contributed by atoms with van der Waals surface area (Å²) in [6.45, 7) is 10.6. The maximum atomic E-state index is 4.95. The fraction of sp³-hybridized carbons (Fsp3) is 0.391. The standard InChI is InChI=1S/C23H30N6S.HI/c1-3-24-23(28-13-11-27(12-14-28)22-8-5-15-30-22)26-17-20-6-4-7-21(16-20)18-29-10-9-25-19(29)2;/h4-10,15-16H,3,11-14,17-18H2,1-2H3,(H,24,26);1H. The minimum Gasteiger partial charge on any atom is -0.360 e. The molecule has 0 atom stereocenters. The first-order chi connectivity index (χ1) is 14.7.